The molecule has 0 heterocycles. The quantitative estimate of drug-likeness (QED) is 0.335. The van der Waals surface area contributed by atoms with Crippen molar-refractivity contribution in [3.05, 3.63) is 23.7 Å². The first-order chi connectivity index (χ1) is 8.19. The van der Waals surface area contributed by atoms with E-state index in [1.54, 1.807) is 12.2 Å². The maximum absolute atomic E-state index is 13.0. The van der Waals surface area contributed by atoms with Crippen molar-refractivity contribution in [2.75, 3.05) is 0 Å². The van der Waals surface area contributed by atoms with Crippen LogP contribution in [0.5, 0.6) is 0 Å². The molecule has 0 radical (unpaired) electrons. The van der Waals surface area contributed by atoms with Gasteiger partial charge in [-0.2, -0.15) is 4.39 Å². The van der Waals surface area contributed by atoms with Crippen LogP contribution in [0.4, 0.5) is 4.39 Å². The van der Waals surface area contributed by atoms with Crippen molar-refractivity contribution in [3.8, 4) is 0 Å². The van der Waals surface area contributed by atoms with Gasteiger partial charge in [0, 0.05) is 5.57 Å². The number of halogens is 1. The van der Waals surface area contributed by atoms with Gasteiger partial charge < -0.3 is 10.9 Å². The van der Waals surface area contributed by atoms with Crippen molar-refractivity contribution >= 4 is 5.71 Å². The van der Waals surface area contributed by atoms with Crippen LogP contribution in [0.3, 0.4) is 0 Å². The zero-order valence-corrected chi connectivity index (χ0v) is 10.9. The first kappa shape index (κ1) is 15.7. The van der Waals surface area contributed by atoms with Crippen LogP contribution in [-0.2, 0) is 0 Å². The molecule has 0 aromatic rings. The smallest absolute Gasteiger partial charge is 0.187 e. The summed E-state index contributed by atoms with van der Waals surface area (Å²) in [6.07, 6.45) is 6.54. The van der Waals surface area contributed by atoms with E-state index in [1.165, 1.54) is 0 Å². The van der Waals surface area contributed by atoms with E-state index in [-0.39, 0.29) is 5.92 Å². The molecule has 4 heteroatoms. The van der Waals surface area contributed by atoms with Gasteiger partial charge in [-0.05, 0) is 38.5 Å². The molecular formula is C13H23FN2O. The number of rotatable bonds is 2. The molecule has 3 nitrogen and oxygen atoms in total. The molecule has 1 fully saturated rings. The van der Waals surface area contributed by atoms with E-state index in [1.807, 2.05) is 20.8 Å². The molecule has 1 rings (SSSR count). The zero-order chi connectivity index (χ0) is 13.3. The van der Waals surface area contributed by atoms with Crippen LogP contribution in [0.25, 0.3) is 0 Å². The summed E-state index contributed by atoms with van der Waals surface area (Å²) in [5, 5.41) is 11.8. The predicted octanol–water partition coefficient (Wildman–Crippen LogP) is 3.75. The largest absolute Gasteiger partial charge is 0.411 e. The van der Waals surface area contributed by atoms with Crippen LogP contribution >= 0.6 is 0 Å². The standard InChI is InChI=1S/C11H17FN2O.C2H6/c1-2-3-10(11(12)13)8-4-6-9(14-15)7-5-8;1-2/h2-3,8,15H,4-7,13H2,1H3;1-2H3/b3-2-,11-10+,14-9?;. The molecule has 0 saturated heterocycles. The van der Waals surface area contributed by atoms with Gasteiger partial charge in [-0.1, -0.05) is 31.2 Å². The third kappa shape index (κ3) is 5.02. The Morgan fingerprint density at radius 2 is 1.94 bits per heavy atom. The highest BCUT2D eigenvalue weighted by Gasteiger charge is 2.22. The van der Waals surface area contributed by atoms with Crippen molar-refractivity contribution in [1.29, 1.82) is 0 Å². The molecule has 0 atom stereocenters. The van der Waals surface area contributed by atoms with Gasteiger partial charge in [0.15, 0.2) is 5.95 Å². The van der Waals surface area contributed by atoms with Gasteiger partial charge in [0.1, 0.15) is 0 Å². The molecule has 0 amide bonds. The Hall–Kier alpha value is -1.32. The van der Waals surface area contributed by atoms with Crippen molar-refractivity contribution < 1.29 is 9.60 Å². The van der Waals surface area contributed by atoms with Crippen molar-refractivity contribution in [2.24, 2.45) is 16.8 Å². The summed E-state index contributed by atoms with van der Waals surface area (Å²) in [4.78, 5) is 0. The minimum absolute atomic E-state index is 0.150. The maximum Gasteiger partial charge on any atom is 0.187 e. The predicted molar refractivity (Wildman–Crippen MR) is 69.7 cm³/mol. The maximum atomic E-state index is 13.0. The number of hydrogen-bond donors (Lipinski definition) is 2. The lowest BCUT2D eigenvalue weighted by Gasteiger charge is -2.23. The minimum atomic E-state index is -0.595. The van der Waals surface area contributed by atoms with Gasteiger partial charge in [-0.3, -0.25) is 0 Å². The van der Waals surface area contributed by atoms with E-state index < -0.39 is 5.95 Å². The molecule has 0 bridgehead atoms. The summed E-state index contributed by atoms with van der Waals surface area (Å²) in [5.74, 6) is -0.445. The fourth-order valence-corrected chi connectivity index (χ4v) is 1.95. The lowest BCUT2D eigenvalue weighted by molar-refractivity contribution is 0.312. The Kier molecular flexibility index (Phi) is 8.11. The first-order valence-electron chi connectivity index (χ1n) is 6.16. The van der Waals surface area contributed by atoms with E-state index in [0.717, 1.165) is 31.4 Å². The van der Waals surface area contributed by atoms with Gasteiger partial charge in [0.05, 0.1) is 5.71 Å². The number of oxime groups is 1. The third-order valence-electron chi connectivity index (χ3n) is 2.77. The van der Waals surface area contributed by atoms with Gasteiger partial charge >= 0.3 is 0 Å². The average molecular weight is 242 g/mol. The van der Waals surface area contributed by atoms with E-state index in [0.29, 0.717) is 5.57 Å². The van der Waals surface area contributed by atoms with Gasteiger partial charge in [0.2, 0.25) is 0 Å². The third-order valence-corrected chi connectivity index (χ3v) is 2.77. The summed E-state index contributed by atoms with van der Waals surface area (Å²) >= 11 is 0. The second-order valence-electron chi connectivity index (χ2n) is 3.74. The molecule has 0 aromatic carbocycles. The molecule has 1 aliphatic rings. The first-order valence-corrected chi connectivity index (χ1v) is 6.16. The molecule has 98 valence electrons. The number of nitrogens with two attached hydrogens (primary N) is 1. The summed E-state index contributed by atoms with van der Waals surface area (Å²) in [6.45, 7) is 5.84. The summed E-state index contributed by atoms with van der Waals surface area (Å²) in [6, 6.07) is 0. The van der Waals surface area contributed by atoms with E-state index >= 15 is 0 Å². The highest BCUT2D eigenvalue weighted by Crippen LogP contribution is 2.30. The molecule has 17 heavy (non-hydrogen) atoms. The minimum Gasteiger partial charge on any atom is -0.411 e. The highest BCUT2D eigenvalue weighted by atomic mass is 19.1. The molecular weight excluding hydrogens is 219 g/mol. The summed E-state index contributed by atoms with van der Waals surface area (Å²) < 4.78 is 13.0. The molecule has 0 unspecified atom stereocenters. The Labute approximate surface area is 103 Å². The Balaban J connectivity index is 0.00000121. The molecule has 1 aliphatic carbocycles. The number of nitrogens with zero attached hydrogens (tertiary/aromatic N) is 1. The van der Waals surface area contributed by atoms with Crippen LogP contribution < -0.4 is 5.73 Å². The summed E-state index contributed by atoms with van der Waals surface area (Å²) in [5.41, 5.74) is 6.58. The zero-order valence-electron chi connectivity index (χ0n) is 10.9. The fourth-order valence-electron chi connectivity index (χ4n) is 1.95. The second-order valence-corrected chi connectivity index (χ2v) is 3.74. The van der Waals surface area contributed by atoms with Crippen molar-refractivity contribution in [2.45, 2.75) is 46.5 Å². The average Bonchev–Trinajstić information content (AvgIpc) is 2.38. The van der Waals surface area contributed by atoms with E-state index in [4.69, 9.17) is 10.9 Å². The Bertz CT molecular complexity index is 295. The lowest BCUT2D eigenvalue weighted by Crippen LogP contribution is -2.17. The second kappa shape index (κ2) is 8.79. The Morgan fingerprint density at radius 3 is 2.29 bits per heavy atom. The van der Waals surface area contributed by atoms with Crippen LogP contribution in [0.15, 0.2) is 28.8 Å². The van der Waals surface area contributed by atoms with Crippen molar-refractivity contribution in [3.63, 3.8) is 0 Å². The SMILES string of the molecule is C/C=C\C(=C(/N)F)C1CCC(=NO)CC1.CC. The lowest BCUT2D eigenvalue weighted by atomic mass is 9.83. The fraction of sp³-hybridized carbons (Fsp3) is 0.615. The van der Waals surface area contributed by atoms with E-state index in [2.05, 4.69) is 5.16 Å². The van der Waals surface area contributed by atoms with Crippen LogP contribution in [0.2, 0.25) is 0 Å². The van der Waals surface area contributed by atoms with Crippen LogP contribution in [0, 0.1) is 5.92 Å². The number of hydrogen-bond acceptors (Lipinski definition) is 3. The molecule has 0 aliphatic heterocycles. The summed E-state index contributed by atoms with van der Waals surface area (Å²) in [7, 11) is 0. The van der Waals surface area contributed by atoms with Crippen molar-refractivity contribution in [1.82, 2.24) is 0 Å². The van der Waals surface area contributed by atoms with Gasteiger partial charge in [-0.15, -0.1) is 0 Å². The van der Waals surface area contributed by atoms with Crippen LogP contribution in [-0.4, -0.2) is 10.9 Å². The van der Waals surface area contributed by atoms with Gasteiger partial charge in [-0.25, -0.2) is 0 Å². The Morgan fingerprint density at radius 1 is 1.41 bits per heavy atom. The molecule has 0 spiro atoms. The molecule has 0 aromatic heterocycles. The highest BCUT2D eigenvalue weighted by molar-refractivity contribution is 5.84. The topological polar surface area (TPSA) is 58.6 Å². The molecule has 1 saturated carbocycles. The molecule has 3 N–H and O–H groups in total. The van der Waals surface area contributed by atoms with Crippen LogP contribution in [0.1, 0.15) is 46.5 Å². The monoisotopic (exact) mass is 242 g/mol. The normalized spacial score (nSPS) is 21.6. The number of allylic oxidation sites excluding steroid dienone is 3. The van der Waals surface area contributed by atoms with Gasteiger partial charge in [0.25, 0.3) is 0 Å². The van der Waals surface area contributed by atoms with E-state index in [9.17, 15) is 4.39 Å².